The number of benzene rings is 2. The molecule has 1 N–H and O–H groups in total. The van der Waals surface area contributed by atoms with E-state index in [1.165, 1.54) is 16.3 Å². The van der Waals surface area contributed by atoms with Gasteiger partial charge in [-0.05, 0) is 24.3 Å². The largest absolute Gasteiger partial charge is 0.325 e. The van der Waals surface area contributed by atoms with Crippen molar-refractivity contribution in [1.82, 2.24) is 19.2 Å². The average Bonchev–Trinajstić information content (AvgIpc) is 3.09. The molecule has 0 spiro atoms. The lowest BCUT2D eigenvalue weighted by Crippen LogP contribution is -2.20. The number of aromatic nitrogens is 4. The fourth-order valence-corrected chi connectivity index (χ4v) is 3.49. The van der Waals surface area contributed by atoms with E-state index in [-0.39, 0.29) is 17.2 Å². The molecule has 1 amide bonds. The quantitative estimate of drug-likeness (QED) is 0.561. The Morgan fingerprint density at radius 2 is 1.81 bits per heavy atom. The summed E-state index contributed by atoms with van der Waals surface area (Å²) in [5, 5.41) is 12.3. The highest BCUT2D eigenvalue weighted by Crippen LogP contribution is 2.21. The lowest BCUT2D eigenvalue weighted by atomic mass is 10.2. The second kappa shape index (κ2) is 6.64. The predicted molar refractivity (Wildman–Crippen MR) is 102 cm³/mol. The van der Waals surface area contributed by atoms with Crippen LogP contribution in [0.4, 0.5) is 5.69 Å². The fourth-order valence-electron chi connectivity index (χ4n) is 2.75. The summed E-state index contributed by atoms with van der Waals surface area (Å²) in [5.41, 5.74) is 1.34. The van der Waals surface area contributed by atoms with Crippen LogP contribution in [-0.4, -0.2) is 30.8 Å². The second-order valence-electron chi connectivity index (χ2n) is 5.70. The van der Waals surface area contributed by atoms with Gasteiger partial charge in [-0.1, -0.05) is 42.1 Å². The summed E-state index contributed by atoms with van der Waals surface area (Å²) in [6.07, 6.45) is 0. The monoisotopic (exact) mass is 365 g/mol. The zero-order valence-electron chi connectivity index (χ0n) is 13.9. The molecule has 2 aromatic carbocycles. The molecule has 0 atom stereocenters. The number of nitrogens with one attached hydrogen (secondary N) is 1. The Bertz CT molecular complexity index is 1170. The smallest absolute Gasteiger partial charge is 0.262 e. The number of amides is 1. The first kappa shape index (κ1) is 16.3. The van der Waals surface area contributed by atoms with Gasteiger partial charge in [-0.2, -0.15) is 0 Å². The van der Waals surface area contributed by atoms with Gasteiger partial charge < -0.3 is 5.32 Å². The van der Waals surface area contributed by atoms with Crippen molar-refractivity contribution in [1.29, 1.82) is 0 Å². The van der Waals surface area contributed by atoms with E-state index in [9.17, 15) is 9.59 Å². The van der Waals surface area contributed by atoms with E-state index in [1.807, 2.05) is 48.5 Å². The molecular formula is C18H15N5O2S. The number of aryl methyl sites for hydroxylation is 1. The number of rotatable bonds is 4. The van der Waals surface area contributed by atoms with Crippen LogP contribution in [0.15, 0.2) is 64.5 Å². The standard InChI is InChI=1S/C18H15N5O2S/c1-22-16(25)13-9-5-6-10-14(13)23-17(22)20-21-18(23)26-11-15(24)19-12-7-3-2-4-8-12/h2-10H,11H2,1H3,(H,19,24). The van der Waals surface area contributed by atoms with E-state index in [4.69, 9.17) is 0 Å². The van der Waals surface area contributed by atoms with Gasteiger partial charge in [-0.3, -0.25) is 18.6 Å². The van der Waals surface area contributed by atoms with Gasteiger partial charge in [0.15, 0.2) is 5.16 Å². The minimum Gasteiger partial charge on any atom is -0.325 e. The summed E-state index contributed by atoms with van der Waals surface area (Å²) < 4.78 is 3.26. The number of para-hydroxylation sites is 2. The van der Waals surface area contributed by atoms with Crippen LogP contribution >= 0.6 is 11.8 Å². The van der Waals surface area contributed by atoms with Crippen molar-refractivity contribution >= 4 is 40.0 Å². The molecule has 0 aliphatic heterocycles. The molecule has 26 heavy (non-hydrogen) atoms. The molecule has 2 heterocycles. The Labute approximate surface area is 152 Å². The fraction of sp³-hybridized carbons (Fsp3) is 0.111. The lowest BCUT2D eigenvalue weighted by molar-refractivity contribution is -0.113. The van der Waals surface area contributed by atoms with E-state index in [0.29, 0.717) is 16.3 Å². The summed E-state index contributed by atoms with van der Waals surface area (Å²) in [7, 11) is 1.66. The topological polar surface area (TPSA) is 81.3 Å². The van der Waals surface area contributed by atoms with Gasteiger partial charge in [-0.25, -0.2) is 0 Å². The number of hydrogen-bond acceptors (Lipinski definition) is 5. The minimum absolute atomic E-state index is 0.126. The van der Waals surface area contributed by atoms with Gasteiger partial charge in [0.05, 0.1) is 16.7 Å². The SMILES string of the molecule is Cn1c(=O)c2ccccc2n2c(SCC(=O)Nc3ccccc3)nnc12. The molecule has 0 aliphatic rings. The minimum atomic E-state index is -0.132. The van der Waals surface area contributed by atoms with Gasteiger partial charge in [0.25, 0.3) is 5.56 Å². The first-order valence-electron chi connectivity index (χ1n) is 7.96. The summed E-state index contributed by atoms with van der Waals surface area (Å²) in [6, 6.07) is 16.6. The van der Waals surface area contributed by atoms with Gasteiger partial charge in [-0.15, -0.1) is 10.2 Å². The highest BCUT2D eigenvalue weighted by molar-refractivity contribution is 7.99. The number of carbonyl (C=O) groups excluding carboxylic acids is 1. The Morgan fingerprint density at radius 3 is 2.62 bits per heavy atom. The predicted octanol–water partition coefficient (Wildman–Crippen LogP) is 2.31. The first-order valence-corrected chi connectivity index (χ1v) is 8.94. The number of nitrogens with zero attached hydrogens (tertiary/aromatic N) is 4. The number of anilines is 1. The maximum Gasteiger partial charge on any atom is 0.262 e. The second-order valence-corrected chi connectivity index (χ2v) is 6.64. The van der Waals surface area contributed by atoms with E-state index in [0.717, 1.165) is 11.2 Å². The maximum atomic E-state index is 12.4. The van der Waals surface area contributed by atoms with Gasteiger partial charge in [0, 0.05) is 12.7 Å². The average molecular weight is 365 g/mol. The molecule has 4 rings (SSSR count). The van der Waals surface area contributed by atoms with Crippen LogP contribution in [0.5, 0.6) is 0 Å². The summed E-state index contributed by atoms with van der Waals surface area (Å²) in [4.78, 5) is 24.6. The summed E-state index contributed by atoms with van der Waals surface area (Å²) >= 11 is 1.28. The highest BCUT2D eigenvalue weighted by Gasteiger charge is 2.15. The van der Waals surface area contributed by atoms with Crippen molar-refractivity contribution in [3.63, 3.8) is 0 Å². The Morgan fingerprint density at radius 1 is 1.08 bits per heavy atom. The zero-order chi connectivity index (χ0) is 18.1. The maximum absolute atomic E-state index is 12.4. The number of thioether (sulfide) groups is 1. The third-order valence-corrected chi connectivity index (χ3v) is 4.92. The van der Waals surface area contributed by atoms with E-state index >= 15 is 0 Å². The third kappa shape index (κ3) is 2.84. The Balaban J connectivity index is 1.65. The van der Waals surface area contributed by atoms with Crippen LogP contribution < -0.4 is 10.9 Å². The van der Waals surface area contributed by atoms with Crippen molar-refractivity contribution in [2.75, 3.05) is 11.1 Å². The summed E-state index contributed by atoms with van der Waals surface area (Å²) in [6.45, 7) is 0. The molecule has 130 valence electrons. The van der Waals surface area contributed by atoms with Crippen molar-refractivity contribution in [2.24, 2.45) is 7.05 Å². The zero-order valence-corrected chi connectivity index (χ0v) is 14.7. The van der Waals surface area contributed by atoms with Crippen LogP contribution in [0, 0.1) is 0 Å². The molecular weight excluding hydrogens is 350 g/mol. The molecule has 0 radical (unpaired) electrons. The molecule has 0 bridgehead atoms. The third-order valence-electron chi connectivity index (χ3n) is 3.99. The van der Waals surface area contributed by atoms with Crippen LogP contribution in [0.3, 0.4) is 0 Å². The number of fused-ring (bicyclic) bond motifs is 3. The van der Waals surface area contributed by atoms with Crippen LogP contribution in [-0.2, 0) is 11.8 Å². The molecule has 0 saturated heterocycles. The van der Waals surface area contributed by atoms with Gasteiger partial charge in [0.1, 0.15) is 0 Å². The van der Waals surface area contributed by atoms with Crippen LogP contribution in [0.1, 0.15) is 0 Å². The Kier molecular flexibility index (Phi) is 4.18. The van der Waals surface area contributed by atoms with Gasteiger partial charge >= 0.3 is 0 Å². The van der Waals surface area contributed by atoms with Crippen molar-refractivity contribution in [3.05, 3.63) is 65.0 Å². The number of carbonyl (C=O) groups is 1. The molecule has 7 nitrogen and oxygen atoms in total. The van der Waals surface area contributed by atoms with Crippen LogP contribution in [0.2, 0.25) is 0 Å². The normalized spacial score (nSPS) is 11.1. The number of hydrogen-bond donors (Lipinski definition) is 1. The van der Waals surface area contributed by atoms with Crippen LogP contribution in [0.25, 0.3) is 16.7 Å². The molecule has 0 fully saturated rings. The molecule has 8 heteroatoms. The van der Waals surface area contributed by atoms with E-state index in [2.05, 4.69) is 15.5 Å². The molecule has 0 unspecified atom stereocenters. The first-order chi connectivity index (χ1) is 12.6. The molecule has 0 aliphatic carbocycles. The van der Waals surface area contributed by atoms with E-state index in [1.54, 1.807) is 17.5 Å². The van der Waals surface area contributed by atoms with Gasteiger partial charge in [0.2, 0.25) is 11.7 Å². The molecule has 0 saturated carbocycles. The van der Waals surface area contributed by atoms with Crippen molar-refractivity contribution < 1.29 is 4.79 Å². The summed E-state index contributed by atoms with van der Waals surface area (Å²) in [5.74, 6) is 0.499. The molecule has 2 aromatic heterocycles. The Hall–Kier alpha value is -3.13. The molecule has 4 aromatic rings. The highest BCUT2D eigenvalue weighted by atomic mass is 32.2. The lowest BCUT2D eigenvalue weighted by Gasteiger charge is -2.07. The van der Waals surface area contributed by atoms with Crippen molar-refractivity contribution in [2.45, 2.75) is 5.16 Å². The van der Waals surface area contributed by atoms with E-state index < -0.39 is 0 Å². The van der Waals surface area contributed by atoms with Crippen molar-refractivity contribution in [3.8, 4) is 0 Å².